The van der Waals surface area contributed by atoms with Gasteiger partial charge in [0.1, 0.15) is 12.2 Å². The number of nitrogens with one attached hydrogen (secondary N) is 2. The predicted molar refractivity (Wildman–Crippen MR) is 162 cm³/mol. The number of benzene rings is 1. The van der Waals surface area contributed by atoms with E-state index < -0.39 is 35.1 Å². The molecule has 1 aliphatic carbocycles. The molecule has 4 amide bonds. The minimum Gasteiger partial charge on any atom is -0.446 e. The molecule has 0 bridgehead atoms. The maximum Gasteiger partial charge on any atom is 0.420 e. The molecule has 3 aliphatic rings. The first kappa shape index (κ1) is 32.1. The van der Waals surface area contributed by atoms with Crippen LogP contribution in [0.1, 0.15) is 77.7 Å². The van der Waals surface area contributed by atoms with Crippen molar-refractivity contribution in [1.82, 2.24) is 20.4 Å². The number of hydrogen-bond acceptors (Lipinski definition) is 8. The van der Waals surface area contributed by atoms with E-state index in [1.54, 1.807) is 32.5 Å². The van der Waals surface area contributed by atoms with Crippen LogP contribution >= 0.6 is 11.8 Å². The van der Waals surface area contributed by atoms with Crippen LogP contribution in [0, 0.1) is 5.92 Å². The molecule has 1 aromatic carbocycles. The molecule has 0 aromatic heterocycles. The highest BCUT2D eigenvalue weighted by atomic mass is 32.2. The largest absolute Gasteiger partial charge is 0.446 e. The van der Waals surface area contributed by atoms with Gasteiger partial charge in [-0.2, -0.15) is 4.90 Å². The van der Waals surface area contributed by atoms with Gasteiger partial charge in [-0.25, -0.2) is 9.59 Å². The Balaban J connectivity index is 1.32. The van der Waals surface area contributed by atoms with Gasteiger partial charge < -0.3 is 20.1 Å². The molecule has 2 aliphatic heterocycles. The number of carbonyl (C=O) groups excluding carboxylic acids is 4. The Morgan fingerprint density at radius 1 is 1.05 bits per heavy atom. The van der Waals surface area contributed by atoms with Crippen molar-refractivity contribution in [2.45, 2.75) is 102 Å². The zero-order valence-corrected chi connectivity index (χ0v) is 26.0. The van der Waals surface area contributed by atoms with Gasteiger partial charge in [0.25, 0.3) is 0 Å². The van der Waals surface area contributed by atoms with Gasteiger partial charge in [-0.1, -0.05) is 49.6 Å². The molecule has 1 aromatic rings. The molecule has 11 heteroatoms. The smallest absolute Gasteiger partial charge is 0.420 e. The number of imide groups is 1. The first-order valence-corrected chi connectivity index (χ1v) is 16.3. The van der Waals surface area contributed by atoms with Gasteiger partial charge in [-0.15, -0.1) is 11.8 Å². The topological polar surface area (TPSA) is 117 Å². The number of cyclic esters (lactones) is 1. The molecule has 2 atom stereocenters. The molecule has 0 spiro atoms. The van der Waals surface area contributed by atoms with Gasteiger partial charge in [-0.05, 0) is 63.7 Å². The Morgan fingerprint density at radius 3 is 2.40 bits per heavy atom. The first-order chi connectivity index (χ1) is 20.1. The molecule has 2 saturated heterocycles. The predicted octanol–water partition coefficient (Wildman–Crippen LogP) is 4.67. The third-order valence-corrected chi connectivity index (χ3v) is 9.25. The maximum atomic E-state index is 13.3. The third-order valence-electron chi connectivity index (χ3n) is 7.90. The van der Waals surface area contributed by atoms with Crippen molar-refractivity contribution in [3.8, 4) is 0 Å². The second-order valence-corrected chi connectivity index (χ2v) is 13.8. The molecule has 2 heterocycles. The van der Waals surface area contributed by atoms with Crippen molar-refractivity contribution in [1.29, 1.82) is 0 Å². The van der Waals surface area contributed by atoms with Gasteiger partial charge in [0.2, 0.25) is 11.8 Å². The van der Waals surface area contributed by atoms with E-state index in [0.29, 0.717) is 5.92 Å². The number of nitrogens with zero attached hydrogens (tertiary/aromatic N) is 2. The lowest BCUT2D eigenvalue weighted by Gasteiger charge is -2.33. The number of likely N-dealkylation sites (tertiary alicyclic amines) is 1. The molecule has 42 heavy (non-hydrogen) atoms. The number of amides is 4. The molecule has 4 rings (SSSR count). The number of ether oxygens (including phenoxy) is 2. The van der Waals surface area contributed by atoms with Crippen LogP contribution in [0.25, 0.3) is 0 Å². The first-order valence-electron chi connectivity index (χ1n) is 15.2. The molecular weight excluding hydrogens is 556 g/mol. The summed E-state index contributed by atoms with van der Waals surface area (Å²) >= 11 is 1.57. The van der Waals surface area contributed by atoms with Gasteiger partial charge in [0, 0.05) is 25.7 Å². The second kappa shape index (κ2) is 15.1. The lowest BCUT2D eigenvalue weighted by Crippen LogP contribution is -2.52. The zero-order chi connectivity index (χ0) is 30.1. The summed E-state index contributed by atoms with van der Waals surface area (Å²) < 4.78 is 10.4. The van der Waals surface area contributed by atoms with Gasteiger partial charge in [0.05, 0.1) is 11.8 Å². The van der Waals surface area contributed by atoms with Crippen LogP contribution in [0.5, 0.6) is 0 Å². The SMILES string of the molecule is CC(C)(C)OC(=O)N1C(=O)OC[C@H]1C(=O)NC(CC(=O)NC1CCN(Cc2ccccc2)CC1)SCC1CCCCC1. The molecule has 2 N–H and O–H groups in total. The number of thioether (sulfide) groups is 1. The van der Waals surface area contributed by atoms with E-state index in [2.05, 4.69) is 39.8 Å². The number of rotatable bonds is 10. The quantitative estimate of drug-likeness (QED) is 0.371. The summed E-state index contributed by atoms with van der Waals surface area (Å²) in [5.74, 6) is 0.747. The summed E-state index contributed by atoms with van der Waals surface area (Å²) in [6.45, 7) is 7.53. The molecular formula is C31H46N4O6S. The van der Waals surface area contributed by atoms with Crippen LogP contribution in [-0.2, 0) is 25.6 Å². The van der Waals surface area contributed by atoms with Crippen molar-refractivity contribution in [3.63, 3.8) is 0 Å². The fourth-order valence-corrected chi connectivity index (χ4v) is 6.98. The summed E-state index contributed by atoms with van der Waals surface area (Å²) in [5.41, 5.74) is 0.447. The van der Waals surface area contributed by atoms with Crippen molar-refractivity contribution < 1.29 is 28.7 Å². The minimum absolute atomic E-state index is 0.0905. The lowest BCUT2D eigenvalue weighted by molar-refractivity contribution is -0.125. The van der Waals surface area contributed by atoms with Crippen molar-refractivity contribution in [2.75, 3.05) is 25.4 Å². The minimum atomic E-state index is -1.15. The van der Waals surface area contributed by atoms with Crippen molar-refractivity contribution >= 4 is 35.8 Å². The molecule has 1 unspecified atom stereocenters. The van der Waals surface area contributed by atoms with Crippen LogP contribution in [0.3, 0.4) is 0 Å². The normalized spacial score (nSPS) is 21.5. The van der Waals surface area contributed by atoms with E-state index in [0.717, 1.165) is 56.0 Å². The number of piperidine rings is 1. The van der Waals surface area contributed by atoms with Gasteiger partial charge in [0.15, 0.2) is 6.04 Å². The highest BCUT2D eigenvalue weighted by Crippen LogP contribution is 2.29. The Bertz CT molecular complexity index is 1070. The Labute approximate surface area is 253 Å². The summed E-state index contributed by atoms with van der Waals surface area (Å²) in [6.07, 6.45) is 5.99. The maximum absolute atomic E-state index is 13.3. The Kier molecular flexibility index (Phi) is 11.5. The van der Waals surface area contributed by atoms with Crippen LogP contribution in [0.4, 0.5) is 9.59 Å². The number of hydrogen-bond donors (Lipinski definition) is 2. The summed E-state index contributed by atoms with van der Waals surface area (Å²) in [7, 11) is 0. The Morgan fingerprint density at radius 2 is 1.74 bits per heavy atom. The summed E-state index contributed by atoms with van der Waals surface area (Å²) in [4.78, 5) is 54.6. The molecule has 10 nitrogen and oxygen atoms in total. The summed E-state index contributed by atoms with van der Waals surface area (Å²) in [6, 6.07) is 9.33. The highest BCUT2D eigenvalue weighted by Gasteiger charge is 2.45. The van der Waals surface area contributed by atoms with Crippen LogP contribution in [0.2, 0.25) is 0 Å². The van der Waals surface area contributed by atoms with Gasteiger partial charge >= 0.3 is 12.2 Å². The van der Waals surface area contributed by atoms with Crippen LogP contribution < -0.4 is 10.6 Å². The van der Waals surface area contributed by atoms with E-state index in [1.165, 1.54) is 24.8 Å². The standard InChI is InChI=1S/C31H46N4O6S/c1-31(2,3)41-30(39)35-25(20-40-29(35)38)28(37)33-27(42-21-23-12-8-5-9-13-23)18-26(36)32-24-14-16-34(17-15-24)19-22-10-6-4-7-11-22/h4,6-7,10-11,23-25,27H,5,8-9,12-21H2,1-3H3,(H,32,36)(H,33,37)/t25-,27?/m0/s1. The fraction of sp³-hybridized carbons (Fsp3) is 0.677. The van der Waals surface area contributed by atoms with E-state index >= 15 is 0 Å². The average molecular weight is 603 g/mol. The molecule has 232 valence electrons. The van der Waals surface area contributed by atoms with E-state index in [-0.39, 0.29) is 25.0 Å². The summed E-state index contributed by atoms with van der Waals surface area (Å²) in [5, 5.41) is 5.63. The third kappa shape index (κ3) is 9.90. The molecule has 1 saturated carbocycles. The molecule has 0 radical (unpaired) electrons. The zero-order valence-electron chi connectivity index (χ0n) is 25.1. The molecule has 3 fully saturated rings. The van der Waals surface area contributed by atoms with Crippen LogP contribution in [-0.4, -0.2) is 82.3 Å². The highest BCUT2D eigenvalue weighted by molar-refractivity contribution is 7.99. The lowest BCUT2D eigenvalue weighted by atomic mass is 9.91. The van der Waals surface area contributed by atoms with E-state index in [1.807, 2.05) is 6.07 Å². The monoisotopic (exact) mass is 602 g/mol. The number of carbonyl (C=O) groups is 4. The Hall–Kier alpha value is -2.79. The fourth-order valence-electron chi connectivity index (χ4n) is 5.67. The van der Waals surface area contributed by atoms with Crippen LogP contribution in [0.15, 0.2) is 30.3 Å². The second-order valence-electron chi connectivity index (χ2n) is 12.6. The van der Waals surface area contributed by atoms with E-state index in [4.69, 9.17) is 9.47 Å². The average Bonchev–Trinajstić information content (AvgIpc) is 3.34. The van der Waals surface area contributed by atoms with Crippen molar-refractivity contribution in [2.24, 2.45) is 5.92 Å². The van der Waals surface area contributed by atoms with E-state index in [9.17, 15) is 19.2 Å². The van der Waals surface area contributed by atoms with Gasteiger partial charge in [-0.3, -0.25) is 14.5 Å². The van der Waals surface area contributed by atoms with Crippen molar-refractivity contribution in [3.05, 3.63) is 35.9 Å².